The summed E-state index contributed by atoms with van der Waals surface area (Å²) in [6, 6.07) is 13.6. The highest BCUT2D eigenvalue weighted by Gasteiger charge is 2.08. The number of hydrogen-bond acceptors (Lipinski definition) is 2. The third-order valence-corrected chi connectivity index (χ3v) is 4.30. The van der Waals surface area contributed by atoms with E-state index < -0.39 is 0 Å². The zero-order valence-corrected chi connectivity index (χ0v) is 12.5. The SMILES string of the molecule is Cc1ccc(SCC(=O)c2ccc(C)c(Cl)c2)cc1. The van der Waals surface area contributed by atoms with E-state index in [0.717, 1.165) is 10.5 Å². The third kappa shape index (κ3) is 3.85. The largest absolute Gasteiger partial charge is 0.293 e. The Morgan fingerprint density at radius 2 is 1.79 bits per heavy atom. The van der Waals surface area contributed by atoms with Crippen LogP contribution < -0.4 is 0 Å². The van der Waals surface area contributed by atoms with Gasteiger partial charge in [0.2, 0.25) is 0 Å². The van der Waals surface area contributed by atoms with Crippen LogP contribution in [-0.4, -0.2) is 11.5 Å². The van der Waals surface area contributed by atoms with Crippen LogP contribution in [0.5, 0.6) is 0 Å². The van der Waals surface area contributed by atoms with Crippen molar-refractivity contribution >= 4 is 29.1 Å². The van der Waals surface area contributed by atoms with Crippen molar-refractivity contribution in [1.29, 1.82) is 0 Å². The molecule has 0 amide bonds. The van der Waals surface area contributed by atoms with E-state index in [2.05, 4.69) is 12.1 Å². The van der Waals surface area contributed by atoms with E-state index in [1.54, 1.807) is 17.8 Å². The van der Waals surface area contributed by atoms with Gasteiger partial charge in [0.15, 0.2) is 5.78 Å². The van der Waals surface area contributed by atoms with E-state index in [-0.39, 0.29) is 5.78 Å². The summed E-state index contributed by atoms with van der Waals surface area (Å²) in [6.07, 6.45) is 0. The van der Waals surface area contributed by atoms with Crippen LogP contribution in [0.1, 0.15) is 21.5 Å². The van der Waals surface area contributed by atoms with Crippen LogP contribution in [0.15, 0.2) is 47.4 Å². The molecule has 0 spiro atoms. The van der Waals surface area contributed by atoms with Crippen LogP contribution in [0.2, 0.25) is 5.02 Å². The van der Waals surface area contributed by atoms with Gasteiger partial charge in [-0.05, 0) is 37.6 Å². The van der Waals surface area contributed by atoms with Crippen molar-refractivity contribution in [2.45, 2.75) is 18.7 Å². The van der Waals surface area contributed by atoms with Crippen LogP contribution >= 0.6 is 23.4 Å². The summed E-state index contributed by atoms with van der Waals surface area (Å²) in [4.78, 5) is 13.2. The molecule has 0 bridgehead atoms. The molecule has 0 unspecified atom stereocenters. The van der Waals surface area contributed by atoms with E-state index in [4.69, 9.17) is 11.6 Å². The molecule has 2 rings (SSSR count). The Balaban J connectivity index is 2.01. The van der Waals surface area contributed by atoms with Gasteiger partial charge in [-0.3, -0.25) is 4.79 Å². The molecule has 0 aliphatic rings. The van der Waals surface area contributed by atoms with Crippen molar-refractivity contribution in [2.24, 2.45) is 0 Å². The molecular formula is C16H15ClOS. The summed E-state index contributed by atoms with van der Waals surface area (Å²) >= 11 is 7.58. The number of thioether (sulfide) groups is 1. The fourth-order valence-corrected chi connectivity index (χ4v) is 2.61. The first kappa shape index (κ1) is 14.2. The van der Waals surface area contributed by atoms with Crippen molar-refractivity contribution < 1.29 is 4.79 Å². The van der Waals surface area contributed by atoms with Gasteiger partial charge < -0.3 is 0 Å². The summed E-state index contributed by atoms with van der Waals surface area (Å²) < 4.78 is 0. The maximum absolute atomic E-state index is 12.1. The van der Waals surface area contributed by atoms with Crippen molar-refractivity contribution in [2.75, 3.05) is 5.75 Å². The Hall–Kier alpha value is -1.25. The molecule has 0 radical (unpaired) electrons. The normalized spacial score (nSPS) is 10.5. The molecule has 0 aliphatic carbocycles. The smallest absolute Gasteiger partial charge is 0.173 e. The Labute approximate surface area is 123 Å². The molecule has 0 aliphatic heterocycles. The summed E-state index contributed by atoms with van der Waals surface area (Å²) in [7, 11) is 0. The molecule has 2 aromatic carbocycles. The molecule has 0 N–H and O–H groups in total. The third-order valence-electron chi connectivity index (χ3n) is 2.88. The van der Waals surface area contributed by atoms with Gasteiger partial charge >= 0.3 is 0 Å². The zero-order valence-electron chi connectivity index (χ0n) is 10.9. The maximum Gasteiger partial charge on any atom is 0.173 e. The lowest BCUT2D eigenvalue weighted by molar-refractivity contribution is 0.102. The highest BCUT2D eigenvalue weighted by Crippen LogP contribution is 2.22. The Morgan fingerprint density at radius 1 is 1.11 bits per heavy atom. The van der Waals surface area contributed by atoms with E-state index in [1.165, 1.54) is 5.56 Å². The van der Waals surface area contributed by atoms with Crippen LogP contribution in [0.25, 0.3) is 0 Å². The summed E-state index contributed by atoms with van der Waals surface area (Å²) in [6.45, 7) is 3.98. The maximum atomic E-state index is 12.1. The van der Waals surface area contributed by atoms with Gasteiger partial charge in [0, 0.05) is 15.5 Å². The minimum absolute atomic E-state index is 0.104. The van der Waals surface area contributed by atoms with Gasteiger partial charge in [-0.25, -0.2) is 0 Å². The van der Waals surface area contributed by atoms with Crippen molar-refractivity contribution in [1.82, 2.24) is 0 Å². The Bertz CT molecular complexity index is 590. The van der Waals surface area contributed by atoms with Crippen molar-refractivity contribution in [3.05, 3.63) is 64.2 Å². The van der Waals surface area contributed by atoms with Crippen LogP contribution in [-0.2, 0) is 0 Å². The standard InChI is InChI=1S/C16H15ClOS/c1-11-3-7-14(8-4-11)19-10-16(18)13-6-5-12(2)15(17)9-13/h3-9H,10H2,1-2H3. The monoisotopic (exact) mass is 290 g/mol. The highest BCUT2D eigenvalue weighted by molar-refractivity contribution is 8.00. The molecule has 19 heavy (non-hydrogen) atoms. The minimum atomic E-state index is 0.104. The Kier molecular flexibility index (Phi) is 4.67. The van der Waals surface area contributed by atoms with Crippen LogP contribution in [0.4, 0.5) is 0 Å². The average molecular weight is 291 g/mol. The van der Waals surface area contributed by atoms with Gasteiger partial charge in [0.1, 0.15) is 0 Å². The van der Waals surface area contributed by atoms with Gasteiger partial charge in [-0.2, -0.15) is 0 Å². The van der Waals surface area contributed by atoms with E-state index >= 15 is 0 Å². The topological polar surface area (TPSA) is 17.1 Å². The summed E-state index contributed by atoms with van der Waals surface area (Å²) in [5.41, 5.74) is 2.89. The zero-order chi connectivity index (χ0) is 13.8. The first-order valence-corrected chi connectivity index (χ1v) is 7.41. The minimum Gasteiger partial charge on any atom is -0.293 e. The van der Waals surface area contributed by atoms with Gasteiger partial charge in [-0.1, -0.05) is 41.4 Å². The number of carbonyl (C=O) groups excluding carboxylic acids is 1. The summed E-state index contributed by atoms with van der Waals surface area (Å²) in [5, 5.41) is 0.645. The quantitative estimate of drug-likeness (QED) is 0.586. The summed E-state index contributed by atoms with van der Waals surface area (Å²) in [5.74, 6) is 0.537. The van der Waals surface area contributed by atoms with Crippen molar-refractivity contribution in [3.8, 4) is 0 Å². The highest BCUT2D eigenvalue weighted by atomic mass is 35.5. The molecule has 0 saturated carbocycles. The fraction of sp³-hybridized carbons (Fsp3) is 0.188. The van der Waals surface area contributed by atoms with Crippen LogP contribution in [0.3, 0.4) is 0 Å². The Morgan fingerprint density at radius 3 is 2.42 bits per heavy atom. The first-order chi connectivity index (χ1) is 9.06. The van der Waals surface area contributed by atoms with Crippen molar-refractivity contribution in [3.63, 3.8) is 0 Å². The molecule has 3 heteroatoms. The van der Waals surface area contributed by atoms with Gasteiger partial charge in [-0.15, -0.1) is 11.8 Å². The lowest BCUT2D eigenvalue weighted by Crippen LogP contribution is -2.02. The molecule has 0 heterocycles. The second-order valence-corrected chi connectivity index (χ2v) is 5.94. The molecule has 1 nitrogen and oxygen atoms in total. The lowest BCUT2D eigenvalue weighted by atomic mass is 10.1. The number of ketones is 1. The number of benzene rings is 2. The molecule has 2 aromatic rings. The van der Waals surface area contributed by atoms with E-state index in [1.807, 2.05) is 38.1 Å². The number of Topliss-reactive ketones (excluding diaryl/α,β-unsaturated/α-hetero) is 1. The second-order valence-electron chi connectivity index (χ2n) is 4.49. The molecular weight excluding hydrogens is 276 g/mol. The van der Waals surface area contributed by atoms with E-state index in [0.29, 0.717) is 16.3 Å². The molecule has 0 fully saturated rings. The van der Waals surface area contributed by atoms with E-state index in [9.17, 15) is 4.79 Å². The second kappa shape index (κ2) is 6.27. The number of halogens is 1. The lowest BCUT2D eigenvalue weighted by Gasteiger charge is -2.04. The average Bonchev–Trinajstić information content (AvgIpc) is 2.41. The fourth-order valence-electron chi connectivity index (χ4n) is 1.63. The first-order valence-electron chi connectivity index (χ1n) is 6.05. The number of carbonyl (C=O) groups is 1. The number of hydrogen-bond donors (Lipinski definition) is 0. The predicted molar refractivity (Wildman–Crippen MR) is 82.4 cm³/mol. The van der Waals surface area contributed by atoms with Crippen LogP contribution in [0, 0.1) is 13.8 Å². The molecule has 0 saturated heterocycles. The number of rotatable bonds is 4. The predicted octanol–water partition coefficient (Wildman–Crippen LogP) is 4.93. The molecule has 0 aromatic heterocycles. The molecule has 98 valence electrons. The molecule has 0 atom stereocenters. The van der Waals surface area contributed by atoms with Gasteiger partial charge in [0.05, 0.1) is 5.75 Å². The van der Waals surface area contributed by atoms with Gasteiger partial charge in [0.25, 0.3) is 0 Å². The number of aryl methyl sites for hydroxylation is 2.